The Morgan fingerprint density at radius 3 is 2.27 bits per heavy atom. The summed E-state index contributed by atoms with van der Waals surface area (Å²) >= 11 is 0. The van der Waals surface area contributed by atoms with Crippen LogP contribution < -0.4 is 4.90 Å². The topological polar surface area (TPSA) is 73.7 Å². The number of anilines is 1. The maximum atomic E-state index is 13.4. The van der Waals surface area contributed by atoms with Gasteiger partial charge in [-0.2, -0.15) is 0 Å². The van der Waals surface area contributed by atoms with Crippen LogP contribution in [0.1, 0.15) is 72.2 Å². The molecule has 1 aromatic carbocycles. The van der Waals surface area contributed by atoms with E-state index in [1.54, 1.807) is 42.7 Å². The van der Waals surface area contributed by atoms with Gasteiger partial charge in [-0.05, 0) is 69.1 Å². The molecule has 160 valence electrons. The van der Waals surface area contributed by atoms with Crippen LogP contribution in [-0.2, 0) is 6.54 Å². The number of aromatic nitrogens is 1. The molecule has 0 aliphatic carbocycles. The van der Waals surface area contributed by atoms with Gasteiger partial charge in [-0.1, -0.05) is 19.3 Å². The van der Waals surface area contributed by atoms with E-state index in [0.29, 0.717) is 24.7 Å². The van der Waals surface area contributed by atoms with E-state index in [0.717, 1.165) is 43.5 Å². The van der Waals surface area contributed by atoms with E-state index >= 15 is 0 Å². The lowest BCUT2D eigenvalue weighted by Gasteiger charge is -2.31. The molecule has 1 amide bonds. The third-order valence-electron chi connectivity index (χ3n) is 5.72. The van der Waals surface area contributed by atoms with Crippen LogP contribution in [0.15, 0.2) is 42.7 Å². The Bertz CT molecular complexity index is 867. The molecule has 2 heterocycles. The predicted octanol–water partition coefficient (Wildman–Crippen LogP) is 4.60. The van der Waals surface area contributed by atoms with Crippen LogP contribution >= 0.6 is 0 Å². The molecule has 0 atom stereocenters. The van der Waals surface area contributed by atoms with Crippen molar-refractivity contribution in [3.8, 4) is 0 Å². The molecule has 30 heavy (non-hydrogen) atoms. The van der Waals surface area contributed by atoms with Crippen molar-refractivity contribution in [2.75, 3.05) is 18.0 Å². The van der Waals surface area contributed by atoms with Crippen LogP contribution in [-0.4, -0.2) is 46.0 Å². The summed E-state index contributed by atoms with van der Waals surface area (Å²) in [5.74, 6) is -1.03. The summed E-state index contributed by atoms with van der Waals surface area (Å²) < 4.78 is 0. The third-order valence-corrected chi connectivity index (χ3v) is 5.72. The van der Waals surface area contributed by atoms with Gasteiger partial charge in [0.1, 0.15) is 0 Å². The minimum absolute atomic E-state index is 0.0742. The van der Waals surface area contributed by atoms with Crippen molar-refractivity contribution in [3.63, 3.8) is 0 Å². The molecule has 0 saturated carbocycles. The third kappa shape index (κ3) is 5.45. The molecule has 6 heteroatoms. The number of hydrogen-bond donors (Lipinski definition) is 1. The second-order valence-corrected chi connectivity index (χ2v) is 8.17. The van der Waals surface area contributed by atoms with E-state index < -0.39 is 5.97 Å². The molecule has 2 aromatic rings. The summed E-state index contributed by atoms with van der Waals surface area (Å²) in [6.45, 7) is 6.52. The fourth-order valence-electron chi connectivity index (χ4n) is 3.94. The van der Waals surface area contributed by atoms with Crippen molar-refractivity contribution in [2.24, 2.45) is 0 Å². The number of rotatable bonds is 3. The number of hydrogen-bond acceptors (Lipinski definition) is 4. The van der Waals surface area contributed by atoms with Crippen LogP contribution in [0.3, 0.4) is 0 Å². The van der Waals surface area contributed by atoms with E-state index in [1.165, 1.54) is 6.42 Å². The van der Waals surface area contributed by atoms with Gasteiger partial charge in [-0.25, -0.2) is 4.79 Å². The minimum Gasteiger partial charge on any atom is -0.478 e. The van der Waals surface area contributed by atoms with Crippen molar-refractivity contribution in [1.82, 2.24) is 9.88 Å². The summed E-state index contributed by atoms with van der Waals surface area (Å²) in [5, 5.41) is 9.52. The predicted molar refractivity (Wildman–Crippen MR) is 118 cm³/mol. The first kappa shape index (κ1) is 22.0. The fraction of sp³-hybridized carbons (Fsp3) is 0.458. The molecule has 3 rings (SSSR count). The first-order valence-corrected chi connectivity index (χ1v) is 10.8. The molecule has 6 nitrogen and oxygen atoms in total. The summed E-state index contributed by atoms with van der Waals surface area (Å²) in [4.78, 5) is 33.2. The quantitative estimate of drug-likeness (QED) is 0.802. The number of benzene rings is 1. The number of carboxylic acid groups (broad SMARTS) is 1. The van der Waals surface area contributed by atoms with Crippen LogP contribution in [0.5, 0.6) is 0 Å². The monoisotopic (exact) mass is 409 g/mol. The van der Waals surface area contributed by atoms with Gasteiger partial charge in [0.15, 0.2) is 0 Å². The van der Waals surface area contributed by atoms with Gasteiger partial charge in [0, 0.05) is 42.8 Å². The first-order chi connectivity index (χ1) is 14.5. The van der Waals surface area contributed by atoms with Crippen LogP contribution in [0.25, 0.3) is 0 Å². The van der Waals surface area contributed by atoms with Gasteiger partial charge in [0.2, 0.25) is 0 Å². The van der Waals surface area contributed by atoms with E-state index in [9.17, 15) is 14.7 Å². The number of pyridine rings is 1. The molecule has 0 bridgehead atoms. The zero-order chi connectivity index (χ0) is 21.5. The second kappa shape index (κ2) is 10.3. The molecule has 0 saturated heterocycles. The van der Waals surface area contributed by atoms with E-state index in [-0.39, 0.29) is 11.5 Å². The van der Waals surface area contributed by atoms with Gasteiger partial charge < -0.3 is 10.0 Å². The van der Waals surface area contributed by atoms with E-state index in [4.69, 9.17) is 0 Å². The Balaban J connectivity index is 2.06. The number of aromatic carboxylic acids is 1. The standard InChI is InChI=1S/C24H31N3O3/c1-18(2)26-14-6-4-3-5-7-15-27(23(28)19-10-12-25-13-11-19)22-9-8-20(24(29)30)16-21(22)17-26/h8-13,16,18H,3-7,14-15,17H2,1-2H3,(H,29,30). The van der Waals surface area contributed by atoms with Crippen LogP contribution in [0, 0.1) is 0 Å². The van der Waals surface area contributed by atoms with Crippen molar-refractivity contribution in [1.29, 1.82) is 0 Å². The molecule has 1 N–H and O–H groups in total. The van der Waals surface area contributed by atoms with Gasteiger partial charge in [0.05, 0.1) is 5.56 Å². The molecule has 0 fully saturated rings. The number of carbonyl (C=O) groups excluding carboxylic acids is 1. The number of carboxylic acids is 1. The number of carbonyl (C=O) groups is 2. The van der Waals surface area contributed by atoms with Gasteiger partial charge in [-0.3, -0.25) is 14.7 Å². The van der Waals surface area contributed by atoms with Gasteiger partial charge in [0.25, 0.3) is 5.91 Å². The normalized spacial score (nSPS) is 16.4. The molecule has 0 radical (unpaired) electrons. The highest BCUT2D eigenvalue weighted by molar-refractivity contribution is 6.06. The van der Waals surface area contributed by atoms with Crippen LogP contribution in [0.4, 0.5) is 5.69 Å². The lowest BCUT2D eigenvalue weighted by molar-refractivity contribution is 0.0696. The molecule has 0 spiro atoms. The first-order valence-electron chi connectivity index (χ1n) is 10.8. The van der Waals surface area contributed by atoms with Crippen molar-refractivity contribution in [2.45, 2.75) is 58.5 Å². The van der Waals surface area contributed by atoms with E-state index in [1.807, 2.05) is 4.90 Å². The lowest BCUT2D eigenvalue weighted by Crippen LogP contribution is -2.36. The summed E-state index contributed by atoms with van der Waals surface area (Å²) in [6.07, 6.45) is 8.70. The SMILES string of the molecule is CC(C)N1CCCCCCCN(C(=O)c2ccncc2)c2ccc(C(=O)O)cc2C1. The van der Waals surface area contributed by atoms with Gasteiger partial charge in [-0.15, -0.1) is 0 Å². The van der Waals surface area contributed by atoms with Crippen molar-refractivity contribution >= 4 is 17.6 Å². The average molecular weight is 410 g/mol. The Kier molecular flexibility index (Phi) is 7.57. The summed E-state index contributed by atoms with van der Waals surface area (Å²) in [6, 6.07) is 8.90. The molecule has 1 aromatic heterocycles. The zero-order valence-electron chi connectivity index (χ0n) is 17.9. The Labute approximate surface area is 178 Å². The molecule has 1 aliphatic heterocycles. The average Bonchev–Trinajstić information content (AvgIpc) is 2.74. The smallest absolute Gasteiger partial charge is 0.335 e. The molecular formula is C24H31N3O3. The Morgan fingerprint density at radius 1 is 0.933 bits per heavy atom. The Morgan fingerprint density at radius 2 is 1.60 bits per heavy atom. The zero-order valence-corrected chi connectivity index (χ0v) is 17.9. The maximum absolute atomic E-state index is 13.4. The minimum atomic E-state index is -0.952. The highest BCUT2D eigenvalue weighted by atomic mass is 16.4. The van der Waals surface area contributed by atoms with Crippen molar-refractivity contribution < 1.29 is 14.7 Å². The fourth-order valence-corrected chi connectivity index (χ4v) is 3.94. The van der Waals surface area contributed by atoms with Gasteiger partial charge >= 0.3 is 5.97 Å². The highest BCUT2D eigenvalue weighted by Gasteiger charge is 2.23. The molecule has 1 aliphatic rings. The van der Waals surface area contributed by atoms with Crippen molar-refractivity contribution in [3.05, 3.63) is 59.4 Å². The summed E-state index contributed by atoms with van der Waals surface area (Å²) in [5.41, 5.74) is 2.52. The molecule has 0 unspecified atom stereocenters. The second-order valence-electron chi connectivity index (χ2n) is 8.17. The number of amides is 1. The number of fused-ring (bicyclic) bond motifs is 1. The highest BCUT2D eigenvalue weighted by Crippen LogP contribution is 2.28. The molecular weight excluding hydrogens is 378 g/mol. The van der Waals surface area contributed by atoms with E-state index in [2.05, 4.69) is 23.7 Å². The maximum Gasteiger partial charge on any atom is 0.335 e. The Hall–Kier alpha value is -2.73. The number of nitrogens with zero attached hydrogens (tertiary/aromatic N) is 3. The summed E-state index contributed by atoms with van der Waals surface area (Å²) in [7, 11) is 0. The van der Waals surface area contributed by atoms with Crippen LogP contribution in [0.2, 0.25) is 0 Å². The largest absolute Gasteiger partial charge is 0.478 e. The lowest BCUT2D eigenvalue weighted by atomic mass is 10.0.